The first-order valence-corrected chi connectivity index (χ1v) is 34.4. The number of halogens is 1. The van der Waals surface area contributed by atoms with Crippen LogP contribution >= 0.6 is 11.6 Å². The molecule has 0 radical (unpaired) electrons. The van der Waals surface area contributed by atoms with Crippen molar-refractivity contribution in [3.63, 3.8) is 0 Å². The van der Waals surface area contributed by atoms with Crippen LogP contribution in [0.25, 0.3) is 0 Å². The van der Waals surface area contributed by atoms with E-state index < -0.39 is 0 Å². The SMILES string of the molecule is CCCCCCCCCCCCCCCC(=O)NCCOCCOCCOCCOCCOCCOCCOCCOCCOCCOCCOCCOCCOCCOCCOCCOCCOCCOCCOCCOCCOCCOCCOCCCl. The van der Waals surface area contributed by atoms with E-state index in [4.69, 9.17) is 121 Å². The third kappa shape index (κ3) is 84.9. The van der Waals surface area contributed by atoms with Crippen molar-refractivity contribution in [2.24, 2.45) is 0 Å². The minimum atomic E-state index is 0.112. The number of rotatable bonds is 85. The van der Waals surface area contributed by atoms with Gasteiger partial charge in [0.2, 0.25) is 5.91 Å². The maximum atomic E-state index is 12.0. The van der Waals surface area contributed by atoms with Gasteiger partial charge in [-0.25, -0.2) is 0 Å². The maximum Gasteiger partial charge on any atom is 0.220 e. The molecule has 0 fully saturated rings. The summed E-state index contributed by atoms with van der Waals surface area (Å²) in [6, 6.07) is 0. The first-order valence-electron chi connectivity index (χ1n) is 33.9. The van der Waals surface area contributed by atoms with Gasteiger partial charge in [0.05, 0.1) is 304 Å². The molecule has 0 aliphatic heterocycles. The van der Waals surface area contributed by atoms with Gasteiger partial charge in [0.25, 0.3) is 0 Å². The lowest BCUT2D eigenvalue weighted by Crippen LogP contribution is -2.27. The Hall–Kier alpha value is -1.16. The van der Waals surface area contributed by atoms with E-state index in [1.807, 2.05) is 0 Å². The highest BCUT2D eigenvalue weighted by Crippen LogP contribution is 2.13. The van der Waals surface area contributed by atoms with Crippen LogP contribution in [0.5, 0.6) is 0 Å². The molecule has 90 heavy (non-hydrogen) atoms. The van der Waals surface area contributed by atoms with Crippen LogP contribution in [-0.2, 0) is 114 Å². The number of unbranched alkanes of at least 4 members (excludes halogenated alkanes) is 12. The molecule has 25 nitrogen and oxygen atoms in total. The number of nitrogens with one attached hydrogen (secondary N) is 1. The Balaban J connectivity index is 3.11. The molecular formula is C64H128ClNO24. The standard InChI is InChI=1S/C64H128ClNO24/c1-2-3-4-5-6-7-8-9-10-11-12-13-14-15-64(67)66-17-19-69-21-23-71-25-27-73-29-31-75-33-35-77-37-39-79-41-43-81-45-47-83-49-51-85-53-55-87-57-59-89-61-63-90-62-60-88-58-56-86-54-52-84-50-48-82-46-44-80-42-40-78-38-36-76-34-32-74-30-28-72-26-24-70-22-20-68-18-16-65/h2-63H2,1H3,(H,66,67). The molecule has 0 aliphatic carbocycles. The Morgan fingerprint density at radius 2 is 0.356 bits per heavy atom. The van der Waals surface area contributed by atoms with Crippen LogP contribution in [0.3, 0.4) is 0 Å². The third-order valence-corrected chi connectivity index (χ3v) is 12.6. The molecule has 1 amide bonds. The van der Waals surface area contributed by atoms with E-state index in [0.29, 0.717) is 323 Å². The molecule has 26 heteroatoms. The van der Waals surface area contributed by atoms with Gasteiger partial charge in [-0.1, -0.05) is 84.0 Å². The number of carbonyl (C=O) groups excluding carboxylic acids is 1. The zero-order valence-electron chi connectivity index (χ0n) is 56.0. The fourth-order valence-corrected chi connectivity index (χ4v) is 7.76. The Kier molecular flexibility index (Phi) is 84.7. The van der Waals surface area contributed by atoms with Gasteiger partial charge in [-0.15, -0.1) is 11.6 Å². The fourth-order valence-electron chi connectivity index (χ4n) is 7.65. The lowest BCUT2D eigenvalue weighted by atomic mass is 10.0. The van der Waals surface area contributed by atoms with E-state index in [1.165, 1.54) is 70.6 Å². The largest absolute Gasteiger partial charge is 0.378 e. The molecule has 0 bridgehead atoms. The van der Waals surface area contributed by atoms with Gasteiger partial charge in [0.15, 0.2) is 0 Å². The molecule has 0 aromatic heterocycles. The minimum absolute atomic E-state index is 0.112. The van der Waals surface area contributed by atoms with Crippen molar-refractivity contribution in [2.75, 3.05) is 316 Å². The van der Waals surface area contributed by atoms with Crippen molar-refractivity contribution in [2.45, 2.75) is 96.8 Å². The summed E-state index contributed by atoms with van der Waals surface area (Å²) >= 11 is 5.53. The molecule has 0 saturated carbocycles. The van der Waals surface area contributed by atoms with Crippen molar-refractivity contribution in [3.05, 3.63) is 0 Å². The van der Waals surface area contributed by atoms with Gasteiger partial charge in [-0.3, -0.25) is 4.79 Å². The van der Waals surface area contributed by atoms with Crippen LogP contribution in [-0.4, -0.2) is 322 Å². The summed E-state index contributed by atoms with van der Waals surface area (Å²) in [5.74, 6) is 0.602. The van der Waals surface area contributed by atoms with Gasteiger partial charge in [0, 0.05) is 18.8 Å². The van der Waals surface area contributed by atoms with Gasteiger partial charge in [-0.05, 0) is 6.42 Å². The summed E-state index contributed by atoms with van der Waals surface area (Å²) in [5.41, 5.74) is 0. The highest BCUT2D eigenvalue weighted by molar-refractivity contribution is 6.17. The zero-order chi connectivity index (χ0) is 64.4. The Morgan fingerprint density at radius 3 is 0.522 bits per heavy atom. The number of ether oxygens (including phenoxy) is 23. The zero-order valence-corrected chi connectivity index (χ0v) is 56.8. The van der Waals surface area contributed by atoms with Crippen LogP contribution in [0.2, 0.25) is 0 Å². The summed E-state index contributed by atoms with van der Waals surface area (Å²) in [5, 5.41) is 2.94. The Morgan fingerprint density at radius 1 is 0.211 bits per heavy atom. The van der Waals surface area contributed by atoms with E-state index in [0.717, 1.165) is 12.8 Å². The topological polar surface area (TPSA) is 241 Å². The highest BCUT2D eigenvalue weighted by Gasteiger charge is 2.04. The monoisotopic (exact) mass is 1330 g/mol. The quantitative estimate of drug-likeness (QED) is 0.0526. The summed E-state index contributed by atoms with van der Waals surface area (Å²) in [6.45, 7) is 25.5. The van der Waals surface area contributed by atoms with Gasteiger partial charge in [-0.2, -0.15) is 0 Å². The molecule has 0 heterocycles. The van der Waals surface area contributed by atoms with Crippen molar-refractivity contribution < 1.29 is 114 Å². The summed E-state index contributed by atoms with van der Waals surface area (Å²) in [6.07, 6.45) is 17.6. The molecule has 1 N–H and O–H groups in total. The molecular weight excluding hydrogens is 1200 g/mol. The summed E-state index contributed by atoms with van der Waals surface area (Å²) in [7, 11) is 0. The average molecular weight is 1330 g/mol. The third-order valence-electron chi connectivity index (χ3n) is 12.5. The first-order chi connectivity index (χ1) is 44.8. The Bertz CT molecular complexity index is 1290. The van der Waals surface area contributed by atoms with E-state index in [9.17, 15) is 4.79 Å². The molecule has 0 rings (SSSR count). The van der Waals surface area contributed by atoms with E-state index in [-0.39, 0.29) is 5.91 Å². The Labute approximate surface area is 547 Å². The predicted octanol–water partition coefficient (Wildman–Crippen LogP) is 6.20. The number of amides is 1. The first kappa shape index (κ1) is 88.8. The van der Waals surface area contributed by atoms with Gasteiger partial charge < -0.3 is 114 Å². The number of hydrogen-bond donors (Lipinski definition) is 1. The van der Waals surface area contributed by atoms with Crippen molar-refractivity contribution in [1.82, 2.24) is 5.32 Å². The molecule has 0 atom stereocenters. The normalized spacial score (nSPS) is 11.7. The number of carbonyl (C=O) groups is 1. The fraction of sp³-hybridized carbons (Fsp3) is 0.984. The molecule has 0 aliphatic rings. The second-order valence-electron chi connectivity index (χ2n) is 20.1. The van der Waals surface area contributed by atoms with Crippen LogP contribution in [0.15, 0.2) is 0 Å². The van der Waals surface area contributed by atoms with Crippen molar-refractivity contribution in [3.8, 4) is 0 Å². The van der Waals surface area contributed by atoms with Crippen LogP contribution < -0.4 is 5.32 Å². The molecule has 0 aromatic rings. The molecule has 0 unspecified atom stereocenters. The van der Waals surface area contributed by atoms with Crippen LogP contribution in [0.1, 0.15) is 96.8 Å². The second kappa shape index (κ2) is 85.9. The van der Waals surface area contributed by atoms with Crippen molar-refractivity contribution >= 4 is 17.5 Å². The van der Waals surface area contributed by atoms with Crippen LogP contribution in [0.4, 0.5) is 0 Å². The van der Waals surface area contributed by atoms with E-state index in [1.54, 1.807) is 0 Å². The highest BCUT2D eigenvalue weighted by atomic mass is 35.5. The van der Waals surface area contributed by atoms with Gasteiger partial charge in [0.1, 0.15) is 0 Å². The average Bonchev–Trinajstić information content (AvgIpc) is 3.55. The summed E-state index contributed by atoms with van der Waals surface area (Å²) < 4.78 is 127. The second-order valence-corrected chi connectivity index (χ2v) is 20.5. The van der Waals surface area contributed by atoms with Gasteiger partial charge >= 0.3 is 0 Å². The summed E-state index contributed by atoms with van der Waals surface area (Å²) in [4.78, 5) is 12.0. The van der Waals surface area contributed by atoms with E-state index >= 15 is 0 Å². The lowest BCUT2D eigenvalue weighted by molar-refractivity contribution is -0.121. The molecule has 540 valence electrons. The maximum absolute atomic E-state index is 12.0. The predicted molar refractivity (Wildman–Crippen MR) is 343 cm³/mol. The minimum Gasteiger partial charge on any atom is -0.378 e. The molecule has 0 spiro atoms. The lowest BCUT2D eigenvalue weighted by Gasteiger charge is -2.09. The van der Waals surface area contributed by atoms with Crippen molar-refractivity contribution in [1.29, 1.82) is 0 Å². The smallest absolute Gasteiger partial charge is 0.220 e. The number of alkyl halides is 1. The van der Waals surface area contributed by atoms with E-state index in [2.05, 4.69) is 12.2 Å². The molecule has 0 saturated heterocycles. The van der Waals surface area contributed by atoms with Crippen LogP contribution in [0, 0.1) is 0 Å². The molecule has 0 aromatic carbocycles. The number of hydrogen-bond acceptors (Lipinski definition) is 24.